The summed E-state index contributed by atoms with van der Waals surface area (Å²) in [5, 5.41) is 6.16. The van der Waals surface area contributed by atoms with E-state index >= 15 is 0 Å². The van der Waals surface area contributed by atoms with E-state index in [-0.39, 0.29) is 425 Å². The van der Waals surface area contributed by atoms with Gasteiger partial charge in [0.05, 0.1) is 0 Å². The minimum Gasteiger partial charge on any atom is -0.363 e. The summed E-state index contributed by atoms with van der Waals surface area (Å²) in [6.45, 7) is 63.7. The zero-order valence-electron chi connectivity index (χ0n) is 63.4. The van der Waals surface area contributed by atoms with Crippen LogP contribution >= 0.6 is 0 Å². The molecule has 2 N–H and O–H groups in total. The summed E-state index contributed by atoms with van der Waals surface area (Å²) in [5.41, 5.74) is 13.0. The van der Waals surface area contributed by atoms with Crippen LogP contribution < -0.4 is 15.5 Å². The van der Waals surface area contributed by atoms with Crippen molar-refractivity contribution in [2.45, 2.75) is 172 Å². The minimum atomic E-state index is 0. The minimum absolute atomic E-state index is 0. The maximum absolute atomic E-state index is 10.0. The number of carbonyl (C=O) groups is 1. The molecule has 93 heavy (non-hydrogen) atoms. The van der Waals surface area contributed by atoms with Crippen LogP contribution in [0, 0.1) is 43.2 Å². The molecule has 5 aromatic rings. The Morgan fingerprint density at radius 2 is 0.634 bits per heavy atom. The molecule has 0 saturated carbocycles. The average Bonchev–Trinajstić information content (AvgIpc) is 4.16. The standard InChI is InChI=1S/C19H17N.C13H13N.C7H6O.C6H9N.C6H5.10C2H6.CH4.5CH3.W.11Y/c1-15-13-18(14-17-9-5-3-6-10-17)16(2)20(15)19-11-7-4-8-12-19;1-10-8-13(11(2)14-10)9-12-6-4-3-5-7-12;8-6-7-4-2-1-3-5-7;1-5-3-4-6(2)7-5;1-2-4-6-5-3-1;10*1-2;;;;;;;;;;;;;;;;;;/h3-12,14H,1-2,13H2;3-7,9,14H,1-2,8H2;1-6H;7H,1-4H2;1-5H;10*1-2H3;1H4;5*1H3;;;;;;;;;;;;/q;;;;-1;;;;;;;;;;;;5*-1;;;;;;;;;;;;. The van der Waals surface area contributed by atoms with Crippen LogP contribution in [0.2, 0.25) is 0 Å². The monoisotopic (exact) mass is 2270 g/mol. The van der Waals surface area contributed by atoms with E-state index in [1.54, 1.807) is 12.1 Å². The van der Waals surface area contributed by atoms with E-state index in [2.05, 4.69) is 110 Å². The number of hydrogen-bond donors (Lipinski definition) is 2. The first-order valence-corrected chi connectivity index (χ1v) is 28.1. The van der Waals surface area contributed by atoms with Crippen LogP contribution in [0.5, 0.6) is 0 Å². The third kappa shape index (κ3) is 100.0. The predicted molar refractivity (Wildman–Crippen MR) is 387 cm³/mol. The molecule has 0 unspecified atom stereocenters. The Morgan fingerprint density at radius 3 is 0.849 bits per heavy atom. The number of carbonyl (C=O) groups excluding carboxylic acids is 1. The molecule has 3 aliphatic rings. The topological polar surface area (TPSA) is 44.4 Å². The van der Waals surface area contributed by atoms with Gasteiger partial charge >= 0.3 is 0 Å². The molecular formula is C77H129N3OWY11-6. The van der Waals surface area contributed by atoms with Gasteiger partial charge < -0.3 is 52.7 Å². The SMILES string of the molecule is C.C=C1CC(=Cc2ccccc2)C(=C)N1.C=C1CC(=Cc2ccccc2)C(=C)N1c1ccccc1.C=C1CCC(=C)N1.CC.CC.CC.CC.CC.CC.CC.CC.CC.CC.O=Cc1ccccc1.[CH3-].[CH3-].[CH3-].[CH3-].[CH3-].[W].[Y].[Y].[Y].[Y].[Y].[Y].[Y].[Y].[Y].[Y].[Y].[c-]1ccccc1. The smallest absolute Gasteiger partial charge is 0.150 e. The number of anilines is 1. The number of aldehydes is 1. The van der Waals surface area contributed by atoms with Gasteiger partial charge in [0, 0.05) is 439 Å². The van der Waals surface area contributed by atoms with Crippen LogP contribution in [0.1, 0.15) is 193 Å². The first-order valence-electron chi connectivity index (χ1n) is 28.1. The molecule has 8 rings (SSSR count). The predicted octanol–water partition coefficient (Wildman–Crippen LogP) is 25.6. The molecule has 0 amide bonds. The molecule has 0 spiro atoms. The van der Waals surface area contributed by atoms with E-state index in [0.29, 0.717) is 0 Å². The van der Waals surface area contributed by atoms with E-state index < -0.39 is 0 Å². The summed E-state index contributed by atoms with van der Waals surface area (Å²) >= 11 is 0. The van der Waals surface area contributed by atoms with Gasteiger partial charge in [0.1, 0.15) is 6.29 Å². The van der Waals surface area contributed by atoms with Crippen molar-refractivity contribution in [1.82, 2.24) is 10.6 Å². The third-order valence-corrected chi connectivity index (χ3v) is 8.39. The number of hydrogen-bond acceptors (Lipinski definition) is 4. The Kier molecular flexibility index (Phi) is 269. The van der Waals surface area contributed by atoms with Gasteiger partial charge in [0.25, 0.3) is 0 Å². The molecule has 0 bridgehead atoms. The Labute approximate surface area is 875 Å². The van der Waals surface area contributed by atoms with Gasteiger partial charge in [-0.1, -0.05) is 295 Å². The van der Waals surface area contributed by atoms with Crippen molar-refractivity contribution >= 4 is 24.1 Å². The number of nitrogens with one attached hydrogen (secondary N) is 2. The van der Waals surface area contributed by atoms with E-state index in [1.165, 1.54) is 22.3 Å². The second kappa shape index (κ2) is 144. The van der Waals surface area contributed by atoms with Crippen LogP contribution in [-0.4, -0.2) is 6.29 Å². The molecule has 503 valence electrons. The number of allylic oxidation sites excluding steroid dienone is 6. The third-order valence-electron chi connectivity index (χ3n) is 8.39. The maximum atomic E-state index is 10.0. The number of rotatable bonds is 4. The maximum Gasteiger partial charge on any atom is 0.150 e. The fourth-order valence-electron chi connectivity index (χ4n) is 5.65. The van der Waals surface area contributed by atoms with Crippen molar-refractivity contribution in [3.8, 4) is 0 Å². The van der Waals surface area contributed by atoms with E-state index in [4.69, 9.17) is 0 Å². The van der Waals surface area contributed by atoms with Crippen LogP contribution in [0.3, 0.4) is 0 Å². The molecule has 5 aromatic carbocycles. The second-order valence-electron chi connectivity index (χ2n) is 12.8. The molecule has 4 nitrogen and oxygen atoms in total. The average molecular weight is 2270 g/mol. The quantitative estimate of drug-likeness (QED) is 0.139. The van der Waals surface area contributed by atoms with Crippen LogP contribution in [0.25, 0.3) is 12.2 Å². The molecule has 3 heterocycles. The van der Waals surface area contributed by atoms with Gasteiger partial charge in [0.2, 0.25) is 0 Å². The van der Waals surface area contributed by atoms with E-state index in [0.717, 1.165) is 77.4 Å². The van der Waals surface area contributed by atoms with Crippen molar-refractivity contribution in [3.05, 3.63) is 296 Å². The summed E-state index contributed by atoms with van der Waals surface area (Å²) in [6.07, 6.45) is 9.04. The first kappa shape index (κ1) is 174. The molecule has 0 atom stereocenters. The van der Waals surface area contributed by atoms with Crippen molar-refractivity contribution in [2.75, 3.05) is 4.90 Å². The summed E-state index contributed by atoms with van der Waals surface area (Å²) in [7, 11) is 0. The van der Waals surface area contributed by atoms with E-state index in [1.807, 2.05) is 242 Å². The summed E-state index contributed by atoms with van der Waals surface area (Å²) < 4.78 is 0. The molecule has 16 heteroatoms. The molecule has 11 radical (unpaired) electrons. The van der Waals surface area contributed by atoms with Gasteiger partial charge in [-0.2, -0.15) is 36.4 Å². The van der Waals surface area contributed by atoms with Gasteiger partial charge in [0.15, 0.2) is 0 Å². The van der Waals surface area contributed by atoms with Crippen molar-refractivity contribution < 1.29 is 386 Å². The Morgan fingerprint density at radius 1 is 0.366 bits per heavy atom. The normalized spacial score (nSPS) is 9.87. The first-order chi connectivity index (χ1) is 36.7. The summed E-state index contributed by atoms with van der Waals surface area (Å²) in [4.78, 5) is 12.1. The van der Waals surface area contributed by atoms with Crippen molar-refractivity contribution in [2.24, 2.45) is 0 Å². The Hall–Kier alpha value is 5.92. The Bertz CT molecular complexity index is 2110. The van der Waals surface area contributed by atoms with Crippen LogP contribution in [0.15, 0.2) is 236 Å². The zero-order valence-corrected chi connectivity index (χ0v) is 97.5. The zero-order chi connectivity index (χ0) is 59.3. The van der Waals surface area contributed by atoms with Gasteiger partial charge in [-0.25, -0.2) is 0 Å². The molecular weight excluding hydrogens is 2140 g/mol. The summed E-state index contributed by atoms with van der Waals surface area (Å²) in [6, 6.07) is 52.5. The van der Waals surface area contributed by atoms with Gasteiger partial charge in [-0.05, 0) is 59.4 Å². The molecule has 3 saturated heterocycles. The molecule has 0 aliphatic carbocycles. The van der Waals surface area contributed by atoms with Crippen LogP contribution in [-0.2, 0) is 381 Å². The summed E-state index contributed by atoms with van der Waals surface area (Å²) in [5.74, 6) is 0. The molecule has 3 fully saturated rings. The molecule has 3 aliphatic heterocycles. The fourth-order valence-corrected chi connectivity index (χ4v) is 5.65. The fraction of sp³-hybridized carbons (Fsp3) is 0.325. The number of benzene rings is 5. The van der Waals surface area contributed by atoms with Gasteiger partial charge in [-0.15, -0.1) is 0 Å². The molecule has 0 aromatic heterocycles. The van der Waals surface area contributed by atoms with Crippen molar-refractivity contribution in [3.63, 3.8) is 0 Å². The Balaban J connectivity index is -0.0000000250. The van der Waals surface area contributed by atoms with E-state index in [9.17, 15) is 4.79 Å². The number of para-hydroxylation sites is 1. The van der Waals surface area contributed by atoms with Gasteiger partial charge in [-0.3, -0.25) is 4.79 Å². The number of nitrogens with zero attached hydrogens (tertiary/aromatic N) is 1. The van der Waals surface area contributed by atoms with Crippen LogP contribution in [0.4, 0.5) is 5.69 Å². The second-order valence-corrected chi connectivity index (χ2v) is 12.8. The van der Waals surface area contributed by atoms with Crippen molar-refractivity contribution in [1.29, 1.82) is 0 Å². The largest absolute Gasteiger partial charge is 0.363 e.